The van der Waals surface area contributed by atoms with Crippen LogP contribution in [-0.2, 0) is 16.6 Å². The topological polar surface area (TPSA) is 59.3 Å². The first kappa shape index (κ1) is 9.28. The summed E-state index contributed by atoms with van der Waals surface area (Å²) in [6.07, 6.45) is 1.11. The molecule has 0 aliphatic heterocycles. The molecule has 0 aliphatic carbocycles. The van der Waals surface area contributed by atoms with Crippen LogP contribution in [0.25, 0.3) is 0 Å². The Balaban J connectivity index is 2.55. The Kier molecular flexibility index (Phi) is 2.54. The average molecular weight is 189 g/mol. The number of hydrogen-bond acceptors (Lipinski definition) is 3. The molecule has 0 saturated carbocycles. The van der Waals surface area contributed by atoms with Gasteiger partial charge in [-0.3, -0.25) is 0 Å². The Morgan fingerprint density at radius 2 is 2.17 bits per heavy atom. The predicted molar refractivity (Wildman–Crippen MR) is 45.1 cm³/mol. The molecule has 0 aliphatic rings. The maximum absolute atomic E-state index is 10.7. The second-order valence-electron chi connectivity index (χ2n) is 2.61. The van der Waals surface area contributed by atoms with E-state index in [1.165, 1.54) is 0 Å². The van der Waals surface area contributed by atoms with Crippen molar-refractivity contribution in [2.45, 2.75) is 13.5 Å². The lowest BCUT2D eigenvalue weighted by Gasteiger charge is -1.97. The molecule has 1 N–H and O–H groups in total. The number of rotatable bonds is 3. The monoisotopic (exact) mass is 189 g/mol. The minimum Gasteiger partial charge on any atom is -0.465 e. The SMILES string of the molecule is Cc1ccc(CNS(C)(=O)=O)o1. The molecule has 0 atom stereocenters. The predicted octanol–water partition coefficient (Wildman–Crippen LogP) is 0.637. The molecular weight excluding hydrogens is 178 g/mol. The highest BCUT2D eigenvalue weighted by atomic mass is 32.2. The summed E-state index contributed by atoms with van der Waals surface area (Å²) < 4.78 is 28.8. The zero-order valence-electron chi connectivity index (χ0n) is 6.99. The van der Waals surface area contributed by atoms with Crippen LogP contribution >= 0.6 is 0 Å². The van der Waals surface area contributed by atoms with Crippen molar-refractivity contribution in [2.75, 3.05) is 6.26 Å². The van der Waals surface area contributed by atoms with Gasteiger partial charge in [0, 0.05) is 0 Å². The molecule has 1 aromatic heterocycles. The van der Waals surface area contributed by atoms with Crippen LogP contribution in [0.15, 0.2) is 16.5 Å². The van der Waals surface area contributed by atoms with Crippen LogP contribution < -0.4 is 4.72 Å². The van der Waals surface area contributed by atoms with Crippen LogP contribution in [0.5, 0.6) is 0 Å². The van der Waals surface area contributed by atoms with Gasteiger partial charge < -0.3 is 4.42 Å². The lowest BCUT2D eigenvalue weighted by atomic mass is 10.4. The molecule has 0 radical (unpaired) electrons. The smallest absolute Gasteiger partial charge is 0.209 e. The molecule has 0 spiro atoms. The minimum atomic E-state index is -3.12. The number of sulfonamides is 1. The van der Waals surface area contributed by atoms with Gasteiger partial charge in [-0.15, -0.1) is 0 Å². The van der Waals surface area contributed by atoms with Crippen molar-refractivity contribution in [1.29, 1.82) is 0 Å². The third-order valence-electron chi connectivity index (χ3n) is 1.30. The standard InChI is InChI=1S/C7H11NO3S/c1-6-3-4-7(11-6)5-8-12(2,9)10/h3-4,8H,5H2,1-2H3. The third kappa shape index (κ3) is 3.06. The molecule has 0 fully saturated rings. The van der Waals surface area contributed by atoms with E-state index in [1.807, 2.05) is 6.92 Å². The highest BCUT2D eigenvalue weighted by Crippen LogP contribution is 2.05. The van der Waals surface area contributed by atoms with E-state index in [0.29, 0.717) is 5.76 Å². The molecule has 1 heterocycles. The van der Waals surface area contributed by atoms with Gasteiger partial charge in [-0.2, -0.15) is 0 Å². The molecule has 5 heteroatoms. The largest absolute Gasteiger partial charge is 0.465 e. The Morgan fingerprint density at radius 1 is 1.50 bits per heavy atom. The molecule has 1 rings (SSSR count). The molecule has 1 aromatic rings. The number of nitrogens with one attached hydrogen (secondary N) is 1. The quantitative estimate of drug-likeness (QED) is 0.759. The molecular formula is C7H11NO3S. The Hall–Kier alpha value is -0.810. The summed E-state index contributed by atoms with van der Waals surface area (Å²) in [5, 5.41) is 0. The van der Waals surface area contributed by atoms with E-state index in [4.69, 9.17) is 4.42 Å². The lowest BCUT2D eigenvalue weighted by molar-refractivity contribution is 0.476. The van der Waals surface area contributed by atoms with Crippen LogP contribution in [-0.4, -0.2) is 14.7 Å². The molecule has 0 aromatic carbocycles. The molecule has 68 valence electrons. The van der Waals surface area contributed by atoms with Crippen molar-refractivity contribution < 1.29 is 12.8 Å². The number of aryl methyl sites for hydroxylation is 1. The van der Waals surface area contributed by atoms with Crippen molar-refractivity contribution in [3.8, 4) is 0 Å². The first-order valence-electron chi connectivity index (χ1n) is 3.47. The fourth-order valence-corrected chi connectivity index (χ4v) is 1.19. The van der Waals surface area contributed by atoms with Gasteiger partial charge >= 0.3 is 0 Å². The summed E-state index contributed by atoms with van der Waals surface area (Å²) in [6.45, 7) is 2.02. The number of hydrogen-bond donors (Lipinski definition) is 1. The molecule has 0 saturated heterocycles. The summed E-state index contributed by atoms with van der Waals surface area (Å²) in [5.74, 6) is 1.40. The Labute approximate surface area is 71.6 Å². The lowest BCUT2D eigenvalue weighted by Crippen LogP contribution is -2.20. The van der Waals surface area contributed by atoms with Crippen LogP contribution in [0.4, 0.5) is 0 Å². The van der Waals surface area contributed by atoms with Crippen LogP contribution in [0.2, 0.25) is 0 Å². The van der Waals surface area contributed by atoms with Crippen molar-refractivity contribution in [2.24, 2.45) is 0 Å². The van der Waals surface area contributed by atoms with Crippen molar-refractivity contribution >= 4 is 10.0 Å². The fraction of sp³-hybridized carbons (Fsp3) is 0.429. The van der Waals surface area contributed by atoms with Crippen LogP contribution in [0, 0.1) is 6.92 Å². The van der Waals surface area contributed by atoms with Gasteiger partial charge in [-0.25, -0.2) is 13.1 Å². The molecule has 12 heavy (non-hydrogen) atoms. The highest BCUT2D eigenvalue weighted by molar-refractivity contribution is 7.88. The van der Waals surface area contributed by atoms with E-state index in [-0.39, 0.29) is 6.54 Å². The first-order valence-corrected chi connectivity index (χ1v) is 5.36. The Morgan fingerprint density at radius 3 is 2.58 bits per heavy atom. The molecule has 0 unspecified atom stereocenters. The summed E-state index contributed by atoms with van der Waals surface area (Å²) in [4.78, 5) is 0. The zero-order chi connectivity index (χ0) is 9.19. The molecule has 0 bridgehead atoms. The summed E-state index contributed by atoms with van der Waals surface area (Å²) in [6, 6.07) is 3.53. The Bertz CT molecular complexity index is 352. The normalized spacial score (nSPS) is 11.8. The van der Waals surface area contributed by atoms with Crippen LogP contribution in [0.1, 0.15) is 11.5 Å². The van der Waals surface area contributed by atoms with E-state index in [0.717, 1.165) is 12.0 Å². The second kappa shape index (κ2) is 3.28. The summed E-state index contributed by atoms with van der Waals surface area (Å²) in [7, 11) is -3.12. The van der Waals surface area contributed by atoms with Gasteiger partial charge in [-0.1, -0.05) is 0 Å². The van der Waals surface area contributed by atoms with E-state index in [9.17, 15) is 8.42 Å². The molecule has 0 amide bonds. The molecule has 4 nitrogen and oxygen atoms in total. The number of furan rings is 1. The minimum absolute atomic E-state index is 0.215. The average Bonchev–Trinajstić information content (AvgIpc) is 2.30. The maximum Gasteiger partial charge on any atom is 0.209 e. The highest BCUT2D eigenvalue weighted by Gasteiger charge is 2.02. The van der Waals surface area contributed by atoms with Crippen LogP contribution in [0.3, 0.4) is 0 Å². The third-order valence-corrected chi connectivity index (χ3v) is 1.97. The summed E-state index contributed by atoms with van der Waals surface area (Å²) >= 11 is 0. The van der Waals surface area contributed by atoms with E-state index >= 15 is 0 Å². The van der Waals surface area contributed by atoms with E-state index < -0.39 is 10.0 Å². The van der Waals surface area contributed by atoms with Crippen molar-refractivity contribution in [3.63, 3.8) is 0 Å². The second-order valence-corrected chi connectivity index (χ2v) is 4.44. The summed E-state index contributed by atoms with van der Waals surface area (Å²) in [5.41, 5.74) is 0. The first-order chi connectivity index (χ1) is 5.47. The van der Waals surface area contributed by atoms with Crippen molar-refractivity contribution in [3.05, 3.63) is 23.7 Å². The van der Waals surface area contributed by atoms with E-state index in [2.05, 4.69) is 4.72 Å². The van der Waals surface area contributed by atoms with Crippen molar-refractivity contribution in [1.82, 2.24) is 4.72 Å². The van der Waals surface area contributed by atoms with Gasteiger partial charge in [0.1, 0.15) is 11.5 Å². The van der Waals surface area contributed by atoms with Gasteiger partial charge in [0.15, 0.2) is 0 Å². The van der Waals surface area contributed by atoms with Gasteiger partial charge in [0.25, 0.3) is 0 Å². The van der Waals surface area contributed by atoms with E-state index in [1.54, 1.807) is 12.1 Å². The zero-order valence-corrected chi connectivity index (χ0v) is 7.81. The fourth-order valence-electron chi connectivity index (χ4n) is 0.782. The van der Waals surface area contributed by atoms with Gasteiger partial charge in [0.2, 0.25) is 10.0 Å². The van der Waals surface area contributed by atoms with Gasteiger partial charge in [0.05, 0.1) is 12.8 Å². The van der Waals surface area contributed by atoms with Gasteiger partial charge in [-0.05, 0) is 19.1 Å². The maximum atomic E-state index is 10.7.